The molecule has 0 radical (unpaired) electrons. The van der Waals surface area contributed by atoms with Crippen LogP contribution in [0, 0.1) is 5.92 Å². The van der Waals surface area contributed by atoms with Crippen LogP contribution in [0.15, 0.2) is 66.7 Å². The van der Waals surface area contributed by atoms with E-state index in [4.69, 9.17) is 14.2 Å². The number of anilines is 1. The molecule has 2 heterocycles. The maximum atomic E-state index is 5.63. The normalized spacial score (nSPS) is 21.3. The first kappa shape index (κ1) is 21.6. The Bertz CT molecular complexity index is 1080. The van der Waals surface area contributed by atoms with Gasteiger partial charge in [0.2, 0.25) is 0 Å². The van der Waals surface area contributed by atoms with E-state index in [9.17, 15) is 0 Å². The van der Waals surface area contributed by atoms with Crippen LogP contribution in [0.25, 0.3) is 0 Å². The van der Waals surface area contributed by atoms with E-state index in [1.54, 1.807) is 14.2 Å². The lowest BCUT2D eigenvalue weighted by atomic mass is 9.82. The molecule has 2 aliphatic heterocycles. The van der Waals surface area contributed by atoms with Crippen molar-refractivity contribution >= 4 is 5.69 Å². The van der Waals surface area contributed by atoms with E-state index < -0.39 is 0 Å². The van der Waals surface area contributed by atoms with Crippen LogP contribution in [0.4, 0.5) is 5.69 Å². The van der Waals surface area contributed by atoms with Crippen molar-refractivity contribution in [3.8, 4) is 17.2 Å². The van der Waals surface area contributed by atoms with Crippen LogP contribution in [0.5, 0.6) is 17.2 Å². The summed E-state index contributed by atoms with van der Waals surface area (Å²) in [6.07, 6.45) is 0. The molecule has 3 unspecified atom stereocenters. The fourth-order valence-electron chi connectivity index (χ4n) is 5.02. The molecule has 172 valence electrons. The second-order valence-electron chi connectivity index (χ2n) is 8.56. The number of hydrogen-bond donors (Lipinski definition) is 2. The van der Waals surface area contributed by atoms with Crippen molar-refractivity contribution in [1.82, 2.24) is 10.9 Å². The van der Waals surface area contributed by atoms with Crippen molar-refractivity contribution in [2.75, 3.05) is 32.3 Å². The zero-order valence-electron chi connectivity index (χ0n) is 19.4. The van der Waals surface area contributed by atoms with Crippen LogP contribution in [-0.4, -0.2) is 27.4 Å². The Labute approximate surface area is 195 Å². The average Bonchev–Trinajstić information content (AvgIpc) is 3.29. The summed E-state index contributed by atoms with van der Waals surface area (Å²) in [5.41, 5.74) is 12.2. The lowest BCUT2D eigenvalue weighted by Crippen LogP contribution is -2.39. The van der Waals surface area contributed by atoms with Gasteiger partial charge in [0.25, 0.3) is 0 Å². The molecule has 0 aliphatic carbocycles. The molecule has 3 atom stereocenters. The van der Waals surface area contributed by atoms with Crippen LogP contribution in [0.3, 0.4) is 0 Å². The third-order valence-electron chi connectivity index (χ3n) is 6.68. The third kappa shape index (κ3) is 4.24. The molecule has 0 spiro atoms. The molecule has 3 aromatic carbocycles. The van der Waals surface area contributed by atoms with Crippen molar-refractivity contribution in [1.29, 1.82) is 0 Å². The third-order valence-corrected chi connectivity index (χ3v) is 6.68. The highest BCUT2D eigenvalue weighted by Crippen LogP contribution is 2.46. The summed E-state index contributed by atoms with van der Waals surface area (Å²) >= 11 is 0. The molecule has 1 fully saturated rings. The van der Waals surface area contributed by atoms with Crippen molar-refractivity contribution < 1.29 is 14.2 Å². The number of hydrogen-bond acceptors (Lipinski definition) is 6. The minimum atomic E-state index is 0.198. The zero-order chi connectivity index (χ0) is 22.8. The van der Waals surface area contributed by atoms with E-state index in [0.717, 1.165) is 30.3 Å². The lowest BCUT2D eigenvalue weighted by molar-refractivity contribution is 0.339. The Balaban J connectivity index is 1.46. The van der Waals surface area contributed by atoms with Gasteiger partial charge in [0.1, 0.15) is 17.2 Å². The van der Waals surface area contributed by atoms with E-state index >= 15 is 0 Å². The number of methoxy groups -OCH3 is 2. The number of hydrazine groups is 1. The van der Waals surface area contributed by atoms with Gasteiger partial charge in [-0.05, 0) is 66.1 Å². The van der Waals surface area contributed by atoms with E-state index in [2.05, 4.69) is 64.3 Å². The van der Waals surface area contributed by atoms with Crippen LogP contribution in [-0.2, 0) is 6.54 Å². The maximum Gasteiger partial charge on any atom is 0.119 e. The minimum absolute atomic E-state index is 0.198. The fraction of sp³-hybridized carbons (Fsp3) is 0.333. The van der Waals surface area contributed by atoms with Gasteiger partial charge in [-0.2, -0.15) is 0 Å². The Hall–Kier alpha value is -3.22. The van der Waals surface area contributed by atoms with Gasteiger partial charge in [-0.25, -0.2) is 10.9 Å². The predicted molar refractivity (Wildman–Crippen MR) is 130 cm³/mol. The molecule has 33 heavy (non-hydrogen) atoms. The van der Waals surface area contributed by atoms with Gasteiger partial charge in [0.05, 0.1) is 32.9 Å². The van der Waals surface area contributed by atoms with Gasteiger partial charge >= 0.3 is 0 Å². The number of fused-ring (bicyclic) bond motifs is 3. The molecule has 6 nitrogen and oxygen atoms in total. The summed E-state index contributed by atoms with van der Waals surface area (Å²) in [7, 11) is 3.42. The Morgan fingerprint density at radius 2 is 1.48 bits per heavy atom. The van der Waals surface area contributed by atoms with E-state index in [0.29, 0.717) is 12.5 Å². The number of ether oxygens (including phenoxy) is 3. The molecule has 0 aromatic heterocycles. The summed E-state index contributed by atoms with van der Waals surface area (Å²) in [6.45, 7) is 4.45. The average molecular weight is 446 g/mol. The van der Waals surface area contributed by atoms with E-state index in [1.165, 1.54) is 22.4 Å². The Morgan fingerprint density at radius 3 is 2.18 bits per heavy atom. The van der Waals surface area contributed by atoms with Crippen molar-refractivity contribution in [2.45, 2.75) is 25.6 Å². The van der Waals surface area contributed by atoms with Crippen LogP contribution < -0.4 is 30.0 Å². The van der Waals surface area contributed by atoms with E-state index in [-0.39, 0.29) is 12.1 Å². The molecule has 3 aromatic rings. The highest BCUT2D eigenvalue weighted by atomic mass is 16.5. The number of nitrogens with one attached hydrogen (secondary N) is 2. The summed E-state index contributed by atoms with van der Waals surface area (Å²) in [4.78, 5) is 2.48. The number of nitrogens with zero attached hydrogens (tertiary/aromatic N) is 1. The Morgan fingerprint density at radius 1 is 0.818 bits per heavy atom. The van der Waals surface area contributed by atoms with Gasteiger partial charge in [-0.15, -0.1) is 0 Å². The maximum absolute atomic E-state index is 5.63. The molecule has 2 aliphatic rings. The molecule has 0 bridgehead atoms. The molecule has 0 amide bonds. The number of rotatable bonds is 7. The van der Waals surface area contributed by atoms with Gasteiger partial charge in [-0.3, -0.25) is 0 Å². The standard InChI is InChI=1S/C27H31N3O3/c1-4-33-21-11-7-19(8-12-21)26-24-17-30(16-18-5-9-20(31-2)10-6-18)25-14-13-22(32-3)15-23(25)27(24)29-28-26/h5-15,24,26-29H,4,16-17H2,1-3H3. The molecule has 6 heteroatoms. The van der Waals surface area contributed by atoms with Gasteiger partial charge in [0, 0.05) is 24.7 Å². The zero-order valence-corrected chi connectivity index (χ0v) is 19.4. The second-order valence-corrected chi connectivity index (χ2v) is 8.56. The topological polar surface area (TPSA) is 55.0 Å². The predicted octanol–water partition coefficient (Wildman–Crippen LogP) is 4.63. The van der Waals surface area contributed by atoms with Crippen molar-refractivity contribution in [3.63, 3.8) is 0 Å². The molecule has 1 saturated heterocycles. The summed E-state index contributed by atoms with van der Waals surface area (Å²) in [6, 6.07) is 23.6. The lowest BCUT2D eigenvalue weighted by Gasteiger charge is -2.39. The van der Waals surface area contributed by atoms with Crippen LogP contribution in [0.1, 0.15) is 35.7 Å². The first-order valence-corrected chi connectivity index (χ1v) is 11.5. The largest absolute Gasteiger partial charge is 0.497 e. The second kappa shape index (κ2) is 9.33. The van der Waals surface area contributed by atoms with Crippen molar-refractivity contribution in [3.05, 3.63) is 83.4 Å². The first-order chi connectivity index (χ1) is 16.2. The highest BCUT2D eigenvalue weighted by Gasteiger charge is 2.43. The summed E-state index contributed by atoms with van der Waals surface area (Å²) in [5, 5.41) is 0. The van der Waals surface area contributed by atoms with E-state index in [1.807, 2.05) is 25.1 Å². The van der Waals surface area contributed by atoms with Crippen LogP contribution in [0.2, 0.25) is 0 Å². The van der Waals surface area contributed by atoms with Gasteiger partial charge in [-0.1, -0.05) is 24.3 Å². The minimum Gasteiger partial charge on any atom is -0.497 e. The highest BCUT2D eigenvalue weighted by molar-refractivity contribution is 5.61. The SMILES string of the molecule is CCOc1ccc(C2NNC3c4cc(OC)ccc4N(Cc4ccc(OC)cc4)CC23)cc1. The molecular weight excluding hydrogens is 414 g/mol. The molecule has 5 rings (SSSR count). The molecular formula is C27H31N3O3. The smallest absolute Gasteiger partial charge is 0.119 e. The van der Waals surface area contributed by atoms with Crippen LogP contribution >= 0.6 is 0 Å². The Kier molecular flexibility index (Phi) is 6.11. The quantitative estimate of drug-likeness (QED) is 0.553. The summed E-state index contributed by atoms with van der Waals surface area (Å²) < 4.78 is 16.5. The first-order valence-electron chi connectivity index (χ1n) is 11.5. The number of benzene rings is 3. The summed E-state index contributed by atoms with van der Waals surface area (Å²) in [5.74, 6) is 3.02. The molecule has 0 saturated carbocycles. The fourth-order valence-corrected chi connectivity index (χ4v) is 5.02. The monoisotopic (exact) mass is 445 g/mol. The van der Waals surface area contributed by atoms with Gasteiger partial charge < -0.3 is 19.1 Å². The molecule has 2 N–H and O–H groups in total. The van der Waals surface area contributed by atoms with Crippen molar-refractivity contribution in [2.24, 2.45) is 5.92 Å². The van der Waals surface area contributed by atoms with Gasteiger partial charge in [0.15, 0.2) is 0 Å².